The highest BCUT2D eigenvalue weighted by molar-refractivity contribution is 5.78. The second kappa shape index (κ2) is 7.30. The van der Waals surface area contributed by atoms with E-state index in [1.807, 2.05) is 23.1 Å². The SMILES string of the molecule is O=C(NC1CCCCC1)N1CC[C@H](n2c(-c3ccoc3)nc3cccnc32)C1. The summed E-state index contributed by atoms with van der Waals surface area (Å²) in [5, 5.41) is 3.24. The normalized spacial score (nSPS) is 20.7. The zero-order chi connectivity index (χ0) is 18.9. The van der Waals surface area contributed by atoms with Crippen molar-refractivity contribution >= 4 is 17.2 Å². The first-order valence-corrected chi connectivity index (χ1v) is 10.2. The number of nitrogens with zero attached hydrogens (tertiary/aromatic N) is 4. The molecule has 0 radical (unpaired) electrons. The van der Waals surface area contributed by atoms with Gasteiger partial charge in [0.2, 0.25) is 0 Å². The van der Waals surface area contributed by atoms with E-state index in [0.717, 1.165) is 48.4 Å². The van der Waals surface area contributed by atoms with E-state index in [0.29, 0.717) is 12.6 Å². The van der Waals surface area contributed by atoms with Crippen LogP contribution < -0.4 is 5.32 Å². The third-order valence-electron chi connectivity index (χ3n) is 5.98. The maximum Gasteiger partial charge on any atom is 0.317 e. The lowest BCUT2D eigenvalue weighted by molar-refractivity contribution is 0.199. The number of hydrogen-bond acceptors (Lipinski definition) is 4. The summed E-state index contributed by atoms with van der Waals surface area (Å²) < 4.78 is 7.45. The number of urea groups is 1. The fraction of sp³-hybridized carbons (Fsp3) is 0.476. The number of amides is 2. The fourth-order valence-corrected chi connectivity index (χ4v) is 4.52. The van der Waals surface area contributed by atoms with Gasteiger partial charge in [-0.05, 0) is 37.5 Å². The lowest BCUT2D eigenvalue weighted by Crippen LogP contribution is -2.44. The quantitative estimate of drug-likeness (QED) is 0.747. The molecule has 1 N–H and O–H groups in total. The molecule has 2 fully saturated rings. The molecule has 4 heterocycles. The van der Waals surface area contributed by atoms with Crippen LogP contribution >= 0.6 is 0 Å². The topological polar surface area (TPSA) is 76.2 Å². The third kappa shape index (κ3) is 3.15. The number of hydrogen-bond donors (Lipinski definition) is 1. The molecule has 2 aliphatic rings. The third-order valence-corrected chi connectivity index (χ3v) is 5.98. The molecule has 3 aromatic heterocycles. The van der Waals surface area contributed by atoms with Gasteiger partial charge in [0, 0.05) is 25.3 Å². The summed E-state index contributed by atoms with van der Waals surface area (Å²) in [6, 6.07) is 6.35. The van der Waals surface area contributed by atoms with Crippen LogP contribution in [0.4, 0.5) is 4.79 Å². The minimum Gasteiger partial charge on any atom is -0.472 e. The smallest absolute Gasteiger partial charge is 0.317 e. The van der Waals surface area contributed by atoms with E-state index in [2.05, 4.69) is 14.9 Å². The first-order chi connectivity index (χ1) is 13.8. The van der Waals surface area contributed by atoms with Gasteiger partial charge in [0.05, 0.1) is 17.9 Å². The van der Waals surface area contributed by atoms with Crippen molar-refractivity contribution in [3.05, 3.63) is 36.9 Å². The second-order valence-corrected chi connectivity index (χ2v) is 7.84. The van der Waals surface area contributed by atoms with Crippen molar-refractivity contribution in [1.29, 1.82) is 0 Å². The van der Waals surface area contributed by atoms with Crippen molar-refractivity contribution in [3.63, 3.8) is 0 Å². The molecular formula is C21H25N5O2. The average molecular weight is 379 g/mol. The van der Waals surface area contributed by atoms with Gasteiger partial charge in [-0.25, -0.2) is 14.8 Å². The summed E-state index contributed by atoms with van der Waals surface area (Å²) in [6.45, 7) is 1.42. The van der Waals surface area contributed by atoms with Crippen molar-refractivity contribution < 1.29 is 9.21 Å². The predicted octanol–water partition coefficient (Wildman–Crippen LogP) is 3.98. The zero-order valence-corrected chi connectivity index (χ0v) is 15.9. The molecule has 0 spiro atoms. The summed E-state index contributed by atoms with van der Waals surface area (Å²) in [5.74, 6) is 0.849. The van der Waals surface area contributed by atoms with Gasteiger partial charge in [-0.2, -0.15) is 0 Å². The summed E-state index contributed by atoms with van der Waals surface area (Å²) in [6.07, 6.45) is 12.0. The van der Waals surface area contributed by atoms with Crippen LogP contribution in [0.1, 0.15) is 44.6 Å². The van der Waals surface area contributed by atoms with Crippen LogP contribution in [0.3, 0.4) is 0 Å². The number of imidazole rings is 1. The molecule has 0 unspecified atom stereocenters. The minimum atomic E-state index is 0.0663. The largest absolute Gasteiger partial charge is 0.472 e. The fourth-order valence-electron chi connectivity index (χ4n) is 4.52. The molecule has 7 heteroatoms. The number of carbonyl (C=O) groups excluding carboxylic acids is 1. The maximum atomic E-state index is 12.8. The Morgan fingerprint density at radius 3 is 2.89 bits per heavy atom. The number of fused-ring (bicyclic) bond motifs is 1. The van der Waals surface area contributed by atoms with Crippen molar-refractivity contribution in [1.82, 2.24) is 24.8 Å². The Hall–Kier alpha value is -2.83. The van der Waals surface area contributed by atoms with E-state index < -0.39 is 0 Å². The minimum absolute atomic E-state index is 0.0663. The number of furan rings is 1. The number of likely N-dealkylation sites (tertiary alicyclic amines) is 1. The standard InChI is InChI=1S/C21H25N5O2/c27-21(23-16-5-2-1-3-6-16)25-11-8-17(13-25)26-19(15-9-12-28-14-15)24-18-7-4-10-22-20(18)26/h4,7,9-10,12,14,16-17H,1-3,5-6,8,11,13H2,(H,23,27)/t17-/m0/s1. The number of pyridine rings is 1. The molecule has 1 saturated carbocycles. The molecule has 0 aromatic carbocycles. The van der Waals surface area contributed by atoms with E-state index in [-0.39, 0.29) is 12.1 Å². The highest BCUT2D eigenvalue weighted by Gasteiger charge is 2.31. The molecule has 1 atom stereocenters. The van der Waals surface area contributed by atoms with Crippen LogP contribution in [-0.4, -0.2) is 44.6 Å². The monoisotopic (exact) mass is 379 g/mol. The van der Waals surface area contributed by atoms with E-state index >= 15 is 0 Å². The lowest BCUT2D eigenvalue weighted by atomic mass is 9.96. The number of carbonyl (C=O) groups is 1. The van der Waals surface area contributed by atoms with Gasteiger partial charge in [0.25, 0.3) is 0 Å². The van der Waals surface area contributed by atoms with Crippen LogP contribution in [0.25, 0.3) is 22.6 Å². The molecule has 7 nitrogen and oxygen atoms in total. The summed E-state index contributed by atoms with van der Waals surface area (Å²) >= 11 is 0. The molecular weight excluding hydrogens is 354 g/mol. The highest BCUT2D eigenvalue weighted by atomic mass is 16.3. The molecule has 1 saturated heterocycles. The Morgan fingerprint density at radius 1 is 1.18 bits per heavy atom. The lowest BCUT2D eigenvalue weighted by Gasteiger charge is -2.26. The van der Waals surface area contributed by atoms with Gasteiger partial charge >= 0.3 is 6.03 Å². The van der Waals surface area contributed by atoms with Gasteiger partial charge in [-0.1, -0.05) is 19.3 Å². The van der Waals surface area contributed by atoms with E-state index in [1.165, 1.54) is 19.3 Å². The van der Waals surface area contributed by atoms with E-state index in [1.54, 1.807) is 18.7 Å². The average Bonchev–Trinajstić information content (AvgIpc) is 3.46. The first-order valence-electron chi connectivity index (χ1n) is 10.2. The van der Waals surface area contributed by atoms with E-state index in [9.17, 15) is 4.79 Å². The first kappa shape index (κ1) is 17.3. The number of aromatic nitrogens is 3. The van der Waals surface area contributed by atoms with Crippen LogP contribution in [0.5, 0.6) is 0 Å². The molecule has 1 aliphatic heterocycles. The molecule has 0 bridgehead atoms. The molecule has 5 rings (SSSR count). The van der Waals surface area contributed by atoms with Crippen LogP contribution in [0, 0.1) is 0 Å². The van der Waals surface area contributed by atoms with E-state index in [4.69, 9.17) is 9.40 Å². The van der Waals surface area contributed by atoms with Gasteiger partial charge in [-0.15, -0.1) is 0 Å². The Labute approximate surface area is 163 Å². The summed E-state index contributed by atoms with van der Waals surface area (Å²) in [4.78, 5) is 24.1. The molecule has 28 heavy (non-hydrogen) atoms. The Kier molecular flexibility index (Phi) is 4.50. The Balaban J connectivity index is 1.39. The van der Waals surface area contributed by atoms with Crippen LogP contribution in [0.15, 0.2) is 41.3 Å². The molecule has 3 aromatic rings. The summed E-state index contributed by atoms with van der Waals surface area (Å²) in [7, 11) is 0. The van der Waals surface area contributed by atoms with Gasteiger partial charge < -0.3 is 19.2 Å². The highest BCUT2D eigenvalue weighted by Crippen LogP contribution is 2.32. The molecule has 146 valence electrons. The van der Waals surface area contributed by atoms with Gasteiger partial charge in [-0.3, -0.25) is 0 Å². The molecule has 1 aliphatic carbocycles. The Bertz CT molecular complexity index is 959. The van der Waals surface area contributed by atoms with Gasteiger partial charge in [0.1, 0.15) is 17.6 Å². The number of rotatable bonds is 3. The Morgan fingerprint density at radius 2 is 2.07 bits per heavy atom. The molecule has 2 amide bonds. The summed E-state index contributed by atoms with van der Waals surface area (Å²) in [5.41, 5.74) is 2.66. The van der Waals surface area contributed by atoms with Crippen molar-refractivity contribution in [2.75, 3.05) is 13.1 Å². The van der Waals surface area contributed by atoms with Crippen molar-refractivity contribution in [3.8, 4) is 11.4 Å². The second-order valence-electron chi connectivity index (χ2n) is 7.84. The van der Waals surface area contributed by atoms with Crippen LogP contribution in [0.2, 0.25) is 0 Å². The van der Waals surface area contributed by atoms with Crippen LogP contribution in [-0.2, 0) is 0 Å². The van der Waals surface area contributed by atoms with Crippen molar-refractivity contribution in [2.45, 2.75) is 50.6 Å². The zero-order valence-electron chi connectivity index (χ0n) is 15.9. The van der Waals surface area contributed by atoms with Crippen molar-refractivity contribution in [2.24, 2.45) is 0 Å². The number of nitrogens with one attached hydrogen (secondary N) is 1. The predicted molar refractivity (Wildman–Crippen MR) is 106 cm³/mol. The van der Waals surface area contributed by atoms with Gasteiger partial charge in [0.15, 0.2) is 5.65 Å². The maximum absolute atomic E-state index is 12.8.